The molecule has 0 N–H and O–H groups in total. The largest absolute Gasteiger partial charge is 0.495 e. The fourth-order valence-electron chi connectivity index (χ4n) is 4.52. The van der Waals surface area contributed by atoms with E-state index >= 15 is 0 Å². The molecule has 2 aliphatic rings. The molecule has 1 saturated heterocycles. The molecule has 170 valence electrons. The highest BCUT2D eigenvalue weighted by Gasteiger charge is 2.37. The van der Waals surface area contributed by atoms with E-state index in [0.717, 1.165) is 34.7 Å². The lowest BCUT2D eigenvalue weighted by Gasteiger charge is -2.40. The summed E-state index contributed by atoms with van der Waals surface area (Å²) in [5.74, 6) is 1.77. The molecule has 2 atom stereocenters. The predicted octanol–water partition coefficient (Wildman–Crippen LogP) is 4.30. The van der Waals surface area contributed by atoms with Gasteiger partial charge in [-0.2, -0.15) is 0 Å². The molecule has 7 heteroatoms. The van der Waals surface area contributed by atoms with E-state index in [1.54, 1.807) is 19.5 Å². The van der Waals surface area contributed by atoms with Gasteiger partial charge in [0.25, 0.3) is 5.91 Å². The molecule has 0 radical (unpaired) electrons. The zero-order valence-corrected chi connectivity index (χ0v) is 19.0. The number of aryl methyl sites for hydroxylation is 1. The van der Waals surface area contributed by atoms with Gasteiger partial charge in [-0.1, -0.05) is 24.3 Å². The average Bonchev–Trinajstić information content (AvgIpc) is 3.26. The molecule has 5 rings (SSSR count). The summed E-state index contributed by atoms with van der Waals surface area (Å²) in [7, 11) is 1.63. The van der Waals surface area contributed by atoms with Crippen LogP contribution >= 0.6 is 0 Å². The van der Waals surface area contributed by atoms with E-state index in [9.17, 15) is 4.79 Å². The molecule has 3 aromatic rings. The topological polar surface area (TPSA) is 65.8 Å². The van der Waals surface area contributed by atoms with Gasteiger partial charge in [-0.05, 0) is 43.7 Å². The highest BCUT2D eigenvalue weighted by molar-refractivity contribution is 5.97. The van der Waals surface area contributed by atoms with Crippen LogP contribution in [0, 0.1) is 6.92 Å². The van der Waals surface area contributed by atoms with E-state index in [-0.39, 0.29) is 18.1 Å². The van der Waals surface area contributed by atoms with Gasteiger partial charge in [-0.3, -0.25) is 4.79 Å². The van der Waals surface area contributed by atoms with Gasteiger partial charge in [-0.25, -0.2) is 4.98 Å². The van der Waals surface area contributed by atoms with Crippen LogP contribution in [0.1, 0.15) is 36.2 Å². The third-order valence-corrected chi connectivity index (χ3v) is 6.05. The van der Waals surface area contributed by atoms with E-state index < -0.39 is 0 Å². The van der Waals surface area contributed by atoms with Crippen molar-refractivity contribution in [2.24, 2.45) is 0 Å². The zero-order valence-electron chi connectivity index (χ0n) is 19.0. The van der Waals surface area contributed by atoms with Crippen molar-refractivity contribution in [1.29, 1.82) is 0 Å². The van der Waals surface area contributed by atoms with Crippen LogP contribution in [0.5, 0.6) is 11.5 Å². The van der Waals surface area contributed by atoms with Gasteiger partial charge < -0.3 is 23.7 Å². The molecule has 2 aliphatic heterocycles. The second kappa shape index (κ2) is 8.65. The molecule has 2 aromatic carbocycles. The van der Waals surface area contributed by atoms with E-state index in [4.69, 9.17) is 14.2 Å². The number of ether oxygens (including phenoxy) is 3. The lowest BCUT2D eigenvalue weighted by Crippen LogP contribution is -2.47. The van der Waals surface area contributed by atoms with Gasteiger partial charge in [0.05, 0.1) is 44.0 Å². The van der Waals surface area contributed by atoms with Crippen molar-refractivity contribution >= 4 is 12.0 Å². The van der Waals surface area contributed by atoms with Crippen molar-refractivity contribution in [2.75, 3.05) is 20.3 Å². The Kier molecular flexibility index (Phi) is 5.54. The van der Waals surface area contributed by atoms with Crippen LogP contribution in [0.3, 0.4) is 0 Å². The first-order valence-corrected chi connectivity index (χ1v) is 11.1. The van der Waals surface area contributed by atoms with Crippen LogP contribution in [-0.2, 0) is 9.53 Å². The van der Waals surface area contributed by atoms with Crippen molar-refractivity contribution in [3.8, 4) is 17.2 Å². The number of fused-ring (bicyclic) bond motifs is 1. The summed E-state index contributed by atoms with van der Waals surface area (Å²) in [6, 6.07) is 13.7. The number of nitrogens with zero attached hydrogens (tertiary/aromatic N) is 3. The highest BCUT2D eigenvalue weighted by Crippen LogP contribution is 2.38. The van der Waals surface area contributed by atoms with Gasteiger partial charge in [-0.15, -0.1) is 0 Å². The Morgan fingerprint density at radius 3 is 2.85 bits per heavy atom. The molecule has 1 amide bonds. The number of benzene rings is 2. The second-order valence-corrected chi connectivity index (χ2v) is 8.44. The van der Waals surface area contributed by atoms with Gasteiger partial charge in [0.15, 0.2) is 5.76 Å². The quantitative estimate of drug-likeness (QED) is 0.560. The Balaban J connectivity index is 1.46. The molecular weight excluding hydrogens is 418 g/mol. The molecule has 1 fully saturated rings. The van der Waals surface area contributed by atoms with Gasteiger partial charge in [0, 0.05) is 18.2 Å². The van der Waals surface area contributed by atoms with E-state index in [2.05, 4.69) is 4.98 Å². The summed E-state index contributed by atoms with van der Waals surface area (Å²) in [5.41, 5.74) is 3.68. The number of rotatable bonds is 4. The Morgan fingerprint density at radius 2 is 2.06 bits per heavy atom. The van der Waals surface area contributed by atoms with Crippen LogP contribution in [-0.4, -0.2) is 46.7 Å². The molecule has 0 unspecified atom stereocenters. The number of imidazole rings is 1. The molecule has 1 aromatic heterocycles. The monoisotopic (exact) mass is 445 g/mol. The Labute approximate surface area is 193 Å². The average molecular weight is 446 g/mol. The molecule has 0 spiro atoms. The van der Waals surface area contributed by atoms with Gasteiger partial charge in [0.2, 0.25) is 0 Å². The number of morpholine rings is 1. The lowest BCUT2D eigenvalue weighted by atomic mass is 9.97. The third kappa shape index (κ3) is 4.06. The predicted molar refractivity (Wildman–Crippen MR) is 124 cm³/mol. The maximum atomic E-state index is 13.5. The smallest absolute Gasteiger partial charge is 0.289 e. The number of amides is 1. The summed E-state index contributed by atoms with van der Waals surface area (Å²) in [5, 5.41) is 0. The number of hydrogen-bond acceptors (Lipinski definition) is 5. The minimum absolute atomic E-state index is 0.0291. The number of methoxy groups -OCH3 is 1. The first-order chi connectivity index (χ1) is 16.0. The normalized spacial score (nSPS) is 21.4. The lowest BCUT2D eigenvalue weighted by molar-refractivity contribution is -0.142. The number of para-hydroxylation sites is 1. The van der Waals surface area contributed by atoms with Crippen LogP contribution in [0.15, 0.2) is 60.7 Å². The van der Waals surface area contributed by atoms with Crippen LogP contribution < -0.4 is 9.47 Å². The van der Waals surface area contributed by atoms with E-state index in [0.29, 0.717) is 24.7 Å². The molecule has 0 saturated carbocycles. The van der Waals surface area contributed by atoms with Crippen molar-refractivity contribution < 1.29 is 19.0 Å². The standard InChI is InChI=1S/C26H27N3O4/c1-17-14-28(16-27-17)22-9-8-19(12-24(22)31-3)13-25-26(30)29(15-18(2)33-25)21-10-11-32-23-7-5-4-6-20(21)23/h4-9,12-14,16,18,21H,10-11,15H2,1-3H3/t18-,21+/m1/s1. The Bertz CT molecular complexity index is 1220. The van der Waals surface area contributed by atoms with Crippen molar-refractivity contribution in [3.05, 3.63) is 77.6 Å². The molecule has 7 nitrogen and oxygen atoms in total. The summed E-state index contributed by atoms with van der Waals surface area (Å²) in [6.45, 7) is 5.06. The maximum absolute atomic E-state index is 13.5. The molecule has 33 heavy (non-hydrogen) atoms. The van der Waals surface area contributed by atoms with E-state index in [1.807, 2.05) is 72.0 Å². The number of aromatic nitrogens is 2. The van der Waals surface area contributed by atoms with Gasteiger partial charge in [0.1, 0.15) is 17.6 Å². The van der Waals surface area contributed by atoms with Crippen LogP contribution in [0.4, 0.5) is 0 Å². The third-order valence-electron chi connectivity index (χ3n) is 6.05. The first-order valence-electron chi connectivity index (χ1n) is 11.1. The zero-order chi connectivity index (χ0) is 22.9. The molecule has 3 heterocycles. The maximum Gasteiger partial charge on any atom is 0.289 e. The van der Waals surface area contributed by atoms with Crippen molar-refractivity contribution in [3.63, 3.8) is 0 Å². The second-order valence-electron chi connectivity index (χ2n) is 8.44. The summed E-state index contributed by atoms with van der Waals surface area (Å²) in [6.07, 6.45) is 6.13. The van der Waals surface area contributed by atoms with Crippen LogP contribution in [0.25, 0.3) is 11.8 Å². The summed E-state index contributed by atoms with van der Waals surface area (Å²) >= 11 is 0. The number of hydrogen-bond donors (Lipinski definition) is 0. The Hall–Kier alpha value is -3.74. The molecule has 0 bridgehead atoms. The minimum Gasteiger partial charge on any atom is -0.495 e. The highest BCUT2D eigenvalue weighted by atomic mass is 16.5. The number of carbonyl (C=O) groups is 1. The summed E-state index contributed by atoms with van der Waals surface area (Å²) in [4.78, 5) is 19.7. The van der Waals surface area contributed by atoms with Crippen molar-refractivity contribution in [1.82, 2.24) is 14.5 Å². The van der Waals surface area contributed by atoms with Crippen LogP contribution in [0.2, 0.25) is 0 Å². The fourth-order valence-corrected chi connectivity index (χ4v) is 4.52. The Morgan fingerprint density at radius 1 is 1.21 bits per heavy atom. The molecular formula is C26H27N3O4. The summed E-state index contributed by atoms with van der Waals surface area (Å²) < 4.78 is 19.3. The fraction of sp³-hybridized carbons (Fsp3) is 0.308. The van der Waals surface area contributed by atoms with E-state index in [1.165, 1.54) is 0 Å². The first kappa shape index (κ1) is 21.1. The molecule has 0 aliphatic carbocycles. The SMILES string of the molecule is COc1cc(C=C2O[C@H](C)CN([C@H]3CCOc4ccccc43)C2=O)ccc1-n1cnc(C)c1. The van der Waals surface area contributed by atoms with Gasteiger partial charge >= 0.3 is 0 Å². The van der Waals surface area contributed by atoms with Crippen molar-refractivity contribution in [2.45, 2.75) is 32.4 Å². The minimum atomic E-state index is -0.112. The number of carbonyl (C=O) groups excluding carboxylic acids is 1.